The number of aromatic nitrogens is 3. The van der Waals surface area contributed by atoms with Crippen molar-refractivity contribution in [2.45, 2.75) is 38.1 Å². The van der Waals surface area contributed by atoms with Crippen molar-refractivity contribution in [1.29, 1.82) is 0 Å². The second-order valence-corrected chi connectivity index (χ2v) is 8.14. The SMILES string of the molecule is O=C(O)c1ccc(NC(=O)C(CC2CCCC2)n2ncc(Oc3ccccc3F)cc2=O)nc1. The summed E-state index contributed by atoms with van der Waals surface area (Å²) < 4.78 is 20.4. The molecule has 1 unspecified atom stereocenters. The number of carbonyl (C=O) groups excluding carboxylic acids is 1. The molecular formula is C24H23FN4O5. The maximum absolute atomic E-state index is 13.9. The third-order valence-electron chi connectivity index (χ3n) is 5.76. The van der Waals surface area contributed by atoms with Gasteiger partial charge in [0.15, 0.2) is 17.3 Å². The Bertz CT molecular complexity index is 1240. The molecule has 9 nitrogen and oxygen atoms in total. The summed E-state index contributed by atoms with van der Waals surface area (Å²) in [7, 11) is 0. The second-order valence-electron chi connectivity index (χ2n) is 8.14. The molecule has 0 radical (unpaired) electrons. The van der Waals surface area contributed by atoms with Gasteiger partial charge in [-0.15, -0.1) is 0 Å². The highest BCUT2D eigenvalue weighted by Crippen LogP contribution is 2.32. The van der Waals surface area contributed by atoms with Gasteiger partial charge in [0, 0.05) is 12.3 Å². The molecule has 2 heterocycles. The van der Waals surface area contributed by atoms with Crippen molar-refractivity contribution in [2.24, 2.45) is 5.92 Å². The standard InChI is InChI=1S/C24H23FN4O5/c25-18-7-3-4-8-20(18)34-17-12-22(30)29(27-14-17)19(11-15-5-1-2-6-15)23(31)28-21-10-9-16(13-26-21)24(32)33/h3-4,7-10,12-15,19H,1-2,5-6,11H2,(H,32,33)(H,26,28,31). The Labute approximate surface area is 194 Å². The van der Waals surface area contributed by atoms with Crippen LogP contribution in [0.5, 0.6) is 11.5 Å². The molecule has 0 aliphatic heterocycles. The molecule has 10 heteroatoms. The van der Waals surface area contributed by atoms with Crippen molar-refractivity contribution >= 4 is 17.7 Å². The first-order valence-corrected chi connectivity index (χ1v) is 10.9. The molecule has 3 aromatic rings. The summed E-state index contributed by atoms with van der Waals surface area (Å²) in [6.07, 6.45) is 6.87. The average Bonchev–Trinajstić information content (AvgIpc) is 3.33. The molecule has 2 aromatic heterocycles. The van der Waals surface area contributed by atoms with Gasteiger partial charge in [-0.25, -0.2) is 18.9 Å². The number of carboxylic acid groups (broad SMARTS) is 1. The molecule has 1 aliphatic rings. The number of carbonyl (C=O) groups is 2. The molecule has 1 aromatic carbocycles. The number of para-hydroxylation sites is 1. The zero-order chi connectivity index (χ0) is 24.1. The molecule has 34 heavy (non-hydrogen) atoms. The lowest BCUT2D eigenvalue weighted by Gasteiger charge is -2.21. The van der Waals surface area contributed by atoms with Crippen LogP contribution < -0.4 is 15.6 Å². The van der Waals surface area contributed by atoms with E-state index in [0.29, 0.717) is 6.42 Å². The van der Waals surface area contributed by atoms with Crippen LogP contribution >= 0.6 is 0 Å². The van der Waals surface area contributed by atoms with E-state index in [1.54, 1.807) is 6.07 Å². The number of anilines is 1. The lowest BCUT2D eigenvalue weighted by atomic mass is 9.98. The zero-order valence-electron chi connectivity index (χ0n) is 18.2. The molecule has 1 saturated carbocycles. The summed E-state index contributed by atoms with van der Waals surface area (Å²) in [5.41, 5.74) is -0.579. The molecule has 2 N–H and O–H groups in total. The molecule has 1 aliphatic carbocycles. The topological polar surface area (TPSA) is 123 Å². The van der Waals surface area contributed by atoms with Crippen molar-refractivity contribution in [2.75, 3.05) is 5.32 Å². The third kappa shape index (κ3) is 5.45. The largest absolute Gasteiger partial charge is 0.478 e. The van der Waals surface area contributed by atoms with E-state index in [2.05, 4.69) is 15.4 Å². The Balaban J connectivity index is 1.57. The molecular weight excluding hydrogens is 443 g/mol. The molecule has 4 rings (SSSR count). The van der Waals surface area contributed by atoms with Crippen molar-refractivity contribution < 1.29 is 23.8 Å². The first-order chi connectivity index (χ1) is 16.4. The predicted octanol–water partition coefficient (Wildman–Crippen LogP) is 4.03. The number of amides is 1. The highest BCUT2D eigenvalue weighted by molar-refractivity contribution is 5.93. The van der Waals surface area contributed by atoms with Crippen LogP contribution in [0.15, 0.2) is 59.7 Å². The highest BCUT2D eigenvalue weighted by atomic mass is 19.1. The zero-order valence-corrected chi connectivity index (χ0v) is 18.2. The van der Waals surface area contributed by atoms with Crippen molar-refractivity contribution in [3.8, 4) is 11.5 Å². The number of aromatic carboxylic acids is 1. The van der Waals surface area contributed by atoms with Crippen LogP contribution in [-0.2, 0) is 4.79 Å². The maximum Gasteiger partial charge on any atom is 0.337 e. The fraction of sp³-hybridized carbons (Fsp3) is 0.292. The van der Waals surface area contributed by atoms with E-state index >= 15 is 0 Å². The summed E-state index contributed by atoms with van der Waals surface area (Å²) in [6, 6.07) is 8.77. The van der Waals surface area contributed by atoms with E-state index in [1.807, 2.05) is 0 Å². The van der Waals surface area contributed by atoms with Gasteiger partial charge in [-0.3, -0.25) is 9.59 Å². The van der Waals surface area contributed by atoms with Crippen LogP contribution in [0.2, 0.25) is 0 Å². The smallest absolute Gasteiger partial charge is 0.337 e. The van der Waals surface area contributed by atoms with E-state index in [-0.39, 0.29) is 28.8 Å². The first-order valence-electron chi connectivity index (χ1n) is 10.9. The number of pyridine rings is 1. The van der Waals surface area contributed by atoms with Crippen molar-refractivity contribution in [3.05, 3.63) is 76.6 Å². The molecule has 1 fully saturated rings. The lowest BCUT2D eigenvalue weighted by molar-refractivity contribution is -0.120. The fourth-order valence-electron chi connectivity index (χ4n) is 4.03. The van der Waals surface area contributed by atoms with Gasteiger partial charge in [0.25, 0.3) is 11.5 Å². The molecule has 1 amide bonds. The number of carboxylic acids is 1. The fourth-order valence-corrected chi connectivity index (χ4v) is 4.03. The van der Waals surface area contributed by atoms with Gasteiger partial charge in [-0.1, -0.05) is 37.8 Å². The van der Waals surface area contributed by atoms with E-state index < -0.39 is 29.3 Å². The van der Waals surface area contributed by atoms with E-state index in [9.17, 15) is 18.8 Å². The monoisotopic (exact) mass is 466 g/mol. The minimum Gasteiger partial charge on any atom is -0.478 e. The van der Waals surface area contributed by atoms with Gasteiger partial charge in [-0.2, -0.15) is 5.10 Å². The number of nitrogens with zero attached hydrogens (tertiary/aromatic N) is 3. The number of rotatable bonds is 8. The van der Waals surface area contributed by atoms with Gasteiger partial charge < -0.3 is 15.2 Å². The predicted molar refractivity (Wildman–Crippen MR) is 120 cm³/mol. The first kappa shape index (κ1) is 23.1. The summed E-state index contributed by atoms with van der Waals surface area (Å²) in [5, 5.41) is 15.8. The molecule has 176 valence electrons. The summed E-state index contributed by atoms with van der Waals surface area (Å²) in [5.74, 6) is -1.75. The Hall–Kier alpha value is -4.08. The third-order valence-corrected chi connectivity index (χ3v) is 5.76. The number of ether oxygens (including phenoxy) is 1. The van der Waals surface area contributed by atoms with Crippen molar-refractivity contribution in [1.82, 2.24) is 14.8 Å². The normalized spacial score (nSPS) is 14.5. The quantitative estimate of drug-likeness (QED) is 0.514. The average molecular weight is 466 g/mol. The van der Waals surface area contributed by atoms with Crippen molar-refractivity contribution in [3.63, 3.8) is 0 Å². The van der Waals surface area contributed by atoms with E-state index in [0.717, 1.165) is 42.6 Å². The van der Waals surface area contributed by atoms with E-state index in [4.69, 9.17) is 9.84 Å². The second kappa shape index (κ2) is 10.2. The van der Waals surface area contributed by atoms with Crippen LogP contribution in [0, 0.1) is 11.7 Å². The lowest BCUT2D eigenvalue weighted by Crippen LogP contribution is -2.36. The van der Waals surface area contributed by atoms with Gasteiger partial charge in [0.2, 0.25) is 0 Å². The number of hydrogen-bond acceptors (Lipinski definition) is 6. The Morgan fingerprint density at radius 1 is 1.18 bits per heavy atom. The summed E-state index contributed by atoms with van der Waals surface area (Å²) in [4.78, 5) is 41.0. The Kier molecular flexibility index (Phi) is 6.95. The number of nitrogens with one attached hydrogen (secondary N) is 1. The molecule has 0 saturated heterocycles. The molecule has 0 bridgehead atoms. The number of halogens is 1. The highest BCUT2D eigenvalue weighted by Gasteiger charge is 2.29. The van der Waals surface area contributed by atoms with Crippen LogP contribution in [0.1, 0.15) is 48.5 Å². The van der Waals surface area contributed by atoms with Crippen LogP contribution in [0.25, 0.3) is 0 Å². The molecule has 1 atom stereocenters. The van der Waals surface area contributed by atoms with Gasteiger partial charge in [-0.05, 0) is 36.6 Å². The van der Waals surface area contributed by atoms with Crippen LogP contribution in [-0.4, -0.2) is 31.7 Å². The minimum absolute atomic E-state index is 0.0103. The maximum atomic E-state index is 13.9. The number of hydrogen-bond donors (Lipinski definition) is 2. The van der Waals surface area contributed by atoms with Crippen LogP contribution in [0.4, 0.5) is 10.2 Å². The number of benzene rings is 1. The summed E-state index contributed by atoms with van der Waals surface area (Å²) >= 11 is 0. The van der Waals surface area contributed by atoms with Crippen LogP contribution in [0.3, 0.4) is 0 Å². The van der Waals surface area contributed by atoms with Gasteiger partial charge >= 0.3 is 5.97 Å². The van der Waals surface area contributed by atoms with Gasteiger partial charge in [0.1, 0.15) is 11.9 Å². The van der Waals surface area contributed by atoms with E-state index in [1.165, 1.54) is 36.5 Å². The van der Waals surface area contributed by atoms with Gasteiger partial charge in [0.05, 0.1) is 11.8 Å². The molecule has 0 spiro atoms. The Morgan fingerprint density at radius 2 is 1.94 bits per heavy atom. The Morgan fingerprint density at radius 3 is 2.59 bits per heavy atom. The minimum atomic E-state index is -1.13. The summed E-state index contributed by atoms with van der Waals surface area (Å²) in [6.45, 7) is 0.